The number of rotatable bonds is 6. The average Bonchev–Trinajstić information content (AvgIpc) is 2.87. The molecule has 0 bridgehead atoms. The quantitative estimate of drug-likeness (QED) is 0.731. The third-order valence-corrected chi connectivity index (χ3v) is 2.84. The molecule has 0 amide bonds. The van der Waals surface area contributed by atoms with Gasteiger partial charge in [0.2, 0.25) is 0 Å². The summed E-state index contributed by atoms with van der Waals surface area (Å²) in [6.45, 7) is 4.06. The Hall–Kier alpha value is -0.520. The van der Waals surface area contributed by atoms with E-state index < -0.39 is 0 Å². The first-order valence-corrected chi connectivity index (χ1v) is 5.81. The van der Waals surface area contributed by atoms with E-state index in [1.54, 1.807) is 0 Å². The maximum Gasteiger partial charge on any atom is 0.0880 e. The molecule has 1 aliphatic carbocycles. The molecule has 1 saturated carbocycles. The molecule has 0 radical (unpaired) electrons. The fraction of sp³-hybridized carbons (Fsp3) is 0.778. The zero-order valence-electron chi connectivity index (χ0n) is 8.36. The normalized spacial score (nSPS) is 18.4. The van der Waals surface area contributed by atoms with Gasteiger partial charge in [0.1, 0.15) is 0 Å². The van der Waals surface area contributed by atoms with Gasteiger partial charge in [-0.25, -0.2) is 0 Å². The number of nitrogens with zero attached hydrogens (tertiary/aromatic N) is 2. The molecule has 0 aromatic carbocycles. The summed E-state index contributed by atoms with van der Waals surface area (Å²) in [4.78, 5) is 0. The summed E-state index contributed by atoms with van der Waals surface area (Å²) in [5.74, 6) is 0. The van der Waals surface area contributed by atoms with E-state index in [-0.39, 0.29) is 0 Å². The van der Waals surface area contributed by atoms with Gasteiger partial charge >= 0.3 is 0 Å². The highest BCUT2D eigenvalue weighted by Crippen LogP contribution is 2.18. The van der Waals surface area contributed by atoms with Crippen LogP contribution in [0.4, 0.5) is 0 Å². The van der Waals surface area contributed by atoms with Gasteiger partial charge in [-0.2, -0.15) is 8.75 Å². The van der Waals surface area contributed by atoms with Crippen molar-refractivity contribution in [3.8, 4) is 0 Å². The molecule has 1 aromatic heterocycles. The van der Waals surface area contributed by atoms with Gasteiger partial charge in [0.05, 0.1) is 23.6 Å². The molecular weight excluding hydrogens is 196 g/mol. The third kappa shape index (κ3) is 3.32. The standard InChI is InChI=1S/C9H16N4S/c1-7(4-11-8-2-3-8)10-5-9-6-12-14-13-9/h6-8,10-11H,2-5H2,1H3. The lowest BCUT2D eigenvalue weighted by Gasteiger charge is -2.13. The first-order chi connectivity index (χ1) is 6.84. The fourth-order valence-electron chi connectivity index (χ4n) is 1.24. The van der Waals surface area contributed by atoms with Gasteiger partial charge in [0.15, 0.2) is 0 Å². The van der Waals surface area contributed by atoms with E-state index in [0.29, 0.717) is 6.04 Å². The average molecular weight is 212 g/mol. The molecular formula is C9H16N4S. The first kappa shape index (κ1) is 10.0. The second-order valence-corrected chi connectivity index (χ2v) is 4.42. The van der Waals surface area contributed by atoms with Crippen LogP contribution >= 0.6 is 11.7 Å². The molecule has 0 saturated heterocycles. The largest absolute Gasteiger partial charge is 0.312 e. The Balaban J connectivity index is 1.59. The molecule has 2 N–H and O–H groups in total. The van der Waals surface area contributed by atoms with Crippen molar-refractivity contribution in [2.75, 3.05) is 6.54 Å². The molecule has 1 unspecified atom stereocenters. The summed E-state index contributed by atoms with van der Waals surface area (Å²) in [5, 5.41) is 6.90. The van der Waals surface area contributed by atoms with Gasteiger partial charge in [-0.05, 0) is 19.8 Å². The Morgan fingerprint density at radius 2 is 2.50 bits per heavy atom. The highest BCUT2D eigenvalue weighted by molar-refractivity contribution is 6.99. The van der Waals surface area contributed by atoms with Gasteiger partial charge in [-0.1, -0.05) is 0 Å². The maximum atomic E-state index is 4.14. The second-order valence-electron chi connectivity index (χ2n) is 3.86. The van der Waals surface area contributed by atoms with E-state index in [2.05, 4.69) is 26.3 Å². The van der Waals surface area contributed by atoms with E-state index in [4.69, 9.17) is 0 Å². The minimum Gasteiger partial charge on any atom is -0.312 e. The number of nitrogens with one attached hydrogen (secondary N) is 2. The second kappa shape index (κ2) is 4.82. The molecule has 1 fully saturated rings. The molecule has 1 heterocycles. The topological polar surface area (TPSA) is 49.8 Å². The number of hydrogen-bond acceptors (Lipinski definition) is 5. The summed E-state index contributed by atoms with van der Waals surface area (Å²) in [7, 11) is 0. The maximum absolute atomic E-state index is 4.14. The Kier molecular flexibility index (Phi) is 3.44. The van der Waals surface area contributed by atoms with Crippen LogP contribution in [0.25, 0.3) is 0 Å². The van der Waals surface area contributed by atoms with Crippen molar-refractivity contribution in [2.45, 2.75) is 38.4 Å². The molecule has 1 aliphatic rings. The van der Waals surface area contributed by atoms with Crippen LogP contribution in [0.1, 0.15) is 25.5 Å². The lowest BCUT2D eigenvalue weighted by Crippen LogP contribution is -2.36. The highest BCUT2D eigenvalue weighted by Gasteiger charge is 2.20. The van der Waals surface area contributed by atoms with Crippen LogP contribution in [-0.4, -0.2) is 27.4 Å². The van der Waals surface area contributed by atoms with E-state index in [9.17, 15) is 0 Å². The highest BCUT2D eigenvalue weighted by atomic mass is 32.1. The molecule has 5 heteroatoms. The molecule has 2 rings (SSSR count). The Labute approximate surface area is 88.4 Å². The smallest absolute Gasteiger partial charge is 0.0880 e. The van der Waals surface area contributed by atoms with Crippen LogP contribution < -0.4 is 10.6 Å². The lowest BCUT2D eigenvalue weighted by atomic mass is 10.3. The Morgan fingerprint density at radius 1 is 1.64 bits per heavy atom. The number of aromatic nitrogens is 2. The summed E-state index contributed by atoms with van der Waals surface area (Å²) in [6, 6.07) is 1.29. The van der Waals surface area contributed by atoms with Crippen molar-refractivity contribution in [3.63, 3.8) is 0 Å². The summed E-state index contributed by atoms with van der Waals surface area (Å²) >= 11 is 1.26. The van der Waals surface area contributed by atoms with Crippen LogP contribution in [0, 0.1) is 0 Å². The van der Waals surface area contributed by atoms with Gasteiger partial charge in [0.25, 0.3) is 0 Å². The number of hydrogen-bond donors (Lipinski definition) is 2. The van der Waals surface area contributed by atoms with Crippen LogP contribution in [0.2, 0.25) is 0 Å². The summed E-state index contributed by atoms with van der Waals surface area (Å²) < 4.78 is 8.10. The SMILES string of the molecule is CC(CNC1CC1)NCc1cnsn1. The van der Waals surface area contributed by atoms with Gasteiger partial charge in [-0.3, -0.25) is 0 Å². The molecule has 0 aliphatic heterocycles. The lowest BCUT2D eigenvalue weighted by molar-refractivity contribution is 0.497. The third-order valence-electron chi connectivity index (χ3n) is 2.33. The van der Waals surface area contributed by atoms with Gasteiger partial charge in [0, 0.05) is 25.2 Å². The van der Waals surface area contributed by atoms with Crippen molar-refractivity contribution >= 4 is 11.7 Å². The van der Waals surface area contributed by atoms with Crippen LogP contribution in [0.5, 0.6) is 0 Å². The van der Waals surface area contributed by atoms with Crippen molar-refractivity contribution in [3.05, 3.63) is 11.9 Å². The molecule has 1 aromatic rings. The fourth-order valence-corrected chi connectivity index (χ4v) is 1.68. The molecule has 78 valence electrons. The van der Waals surface area contributed by atoms with Crippen LogP contribution in [-0.2, 0) is 6.54 Å². The van der Waals surface area contributed by atoms with Crippen LogP contribution in [0.3, 0.4) is 0 Å². The molecule has 14 heavy (non-hydrogen) atoms. The minimum atomic E-state index is 0.498. The van der Waals surface area contributed by atoms with E-state index in [1.807, 2.05) is 6.20 Å². The predicted octanol–water partition coefficient (Wildman–Crippen LogP) is 0.768. The predicted molar refractivity (Wildman–Crippen MR) is 57.2 cm³/mol. The zero-order chi connectivity index (χ0) is 9.80. The summed E-state index contributed by atoms with van der Waals surface area (Å²) in [6.07, 6.45) is 4.52. The monoisotopic (exact) mass is 212 g/mol. The van der Waals surface area contributed by atoms with Crippen LogP contribution in [0.15, 0.2) is 6.20 Å². The Bertz CT molecular complexity index is 258. The van der Waals surface area contributed by atoms with Crippen molar-refractivity contribution < 1.29 is 0 Å². The van der Waals surface area contributed by atoms with Crippen molar-refractivity contribution in [1.82, 2.24) is 19.4 Å². The Morgan fingerprint density at radius 3 is 3.14 bits per heavy atom. The van der Waals surface area contributed by atoms with Gasteiger partial charge < -0.3 is 10.6 Å². The van der Waals surface area contributed by atoms with E-state index in [1.165, 1.54) is 24.6 Å². The van der Waals surface area contributed by atoms with E-state index in [0.717, 1.165) is 24.8 Å². The van der Waals surface area contributed by atoms with E-state index >= 15 is 0 Å². The molecule has 4 nitrogen and oxygen atoms in total. The minimum absolute atomic E-state index is 0.498. The molecule has 0 spiro atoms. The molecule has 1 atom stereocenters. The first-order valence-electron chi connectivity index (χ1n) is 5.08. The zero-order valence-corrected chi connectivity index (χ0v) is 9.18. The van der Waals surface area contributed by atoms with Crippen molar-refractivity contribution in [1.29, 1.82) is 0 Å². The van der Waals surface area contributed by atoms with Crippen molar-refractivity contribution in [2.24, 2.45) is 0 Å². The summed E-state index contributed by atoms with van der Waals surface area (Å²) in [5.41, 5.74) is 1.04. The van der Waals surface area contributed by atoms with Gasteiger partial charge in [-0.15, -0.1) is 0 Å².